The monoisotopic (exact) mass is 295 g/mol. The highest BCUT2D eigenvalue weighted by Gasteiger charge is 2.25. The highest BCUT2D eigenvalue weighted by Crippen LogP contribution is 2.05. The van der Waals surface area contributed by atoms with E-state index in [1.165, 1.54) is 10.6 Å². The fourth-order valence-electron chi connectivity index (χ4n) is 1.66. The molecule has 1 aliphatic heterocycles. The molecule has 112 valence electrons. The molecule has 0 unspecified atom stereocenters. The van der Waals surface area contributed by atoms with Crippen LogP contribution in [0.15, 0.2) is 0 Å². The van der Waals surface area contributed by atoms with E-state index in [2.05, 4.69) is 5.32 Å². The summed E-state index contributed by atoms with van der Waals surface area (Å²) in [7, 11) is -1.59. The number of nitrogens with zero attached hydrogens (tertiary/aromatic N) is 2. The van der Waals surface area contributed by atoms with Gasteiger partial charge in [0.05, 0.1) is 19.5 Å². The quantitative estimate of drug-likeness (QED) is 0.496. The second kappa shape index (κ2) is 7.63. The number of carbonyl (C=O) groups excluding carboxylic acids is 1. The summed E-state index contributed by atoms with van der Waals surface area (Å²) in [6.45, 7) is 2.44. The minimum absolute atomic E-state index is 0.120. The first-order valence-electron chi connectivity index (χ1n) is 5.99. The molecule has 0 spiro atoms. The molecule has 1 N–H and O–H groups in total. The minimum Gasteiger partial charge on any atom is -0.382 e. The van der Waals surface area contributed by atoms with Crippen molar-refractivity contribution in [2.75, 3.05) is 59.5 Å². The lowest BCUT2D eigenvalue weighted by molar-refractivity contribution is 0.0607. The van der Waals surface area contributed by atoms with Gasteiger partial charge in [-0.05, 0) is 0 Å². The Hall–Kier alpha value is -0.900. The number of methoxy groups -OCH3 is 1. The van der Waals surface area contributed by atoms with E-state index in [9.17, 15) is 13.2 Å². The Labute approximate surface area is 113 Å². The van der Waals surface area contributed by atoms with Gasteiger partial charge in [0.1, 0.15) is 6.73 Å². The third kappa shape index (κ3) is 5.72. The maximum absolute atomic E-state index is 11.7. The molecule has 1 fully saturated rings. The molecular weight excluding hydrogens is 274 g/mol. The molecule has 0 saturated carbocycles. The molecule has 0 aromatic heterocycles. The van der Waals surface area contributed by atoms with Crippen molar-refractivity contribution in [3.05, 3.63) is 0 Å². The van der Waals surface area contributed by atoms with Crippen LogP contribution in [0.25, 0.3) is 0 Å². The summed E-state index contributed by atoms with van der Waals surface area (Å²) < 4.78 is 33.9. The van der Waals surface area contributed by atoms with Gasteiger partial charge in [0.25, 0.3) is 0 Å². The van der Waals surface area contributed by atoms with Crippen LogP contribution in [0, 0.1) is 0 Å². The van der Waals surface area contributed by atoms with Crippen molar-refractivity contribution in [3.8, 4) is 0 Å². The number of ether oxygens (including phenoxy) is 2. The van der Waals surface area contributed by atoms with Crippen LogP contribution in [0.2, 0.25) is 0 Å². The number of urea groups is 1. The Morgan fingerprint density at radius 1 is 1.21 bits per heavy atom. The van der Waals surface area contributed by atoms with Gasteiger partial charge in [-0.25, -0.2) is 13.2 Å². The van der Waals surface area contributed by atoms with E-state index in [0.29, 0.717) is 39.4 Å². The van der Waals surface area contributed by atoms with E-state index in [0.717, 1.165) is 0 Å². The van der Waals surface area contributed by atoms with Crippen molar-refractivity contribution in [1.29, 1.82) is 0 Å². The molecule has 0 atom stereocenters. The summed E-state index contributed by atoms with van der Waals surface area (Å²) in [5.41, 5.74) is 0. The van der Waals surface area contributed by atoms with Crippen LogP contribution < -0.4 is 5.32 Å². The largest absolute Gasteiger partial charge is 0.382 e. The number of hydrogen-bond acceptors (Lipinski definition) is 5. The predicted octanol–water partition coefficient (Wildman–Crippen LogP) is -1.11. The number of carbonyl (C=O) groups is 1. The van der Waals surface area contributed by atoms with Crippen molar-refractivity contribution in [3.63, 3.8) is 0 Å². The van der Waals surface area contributed by atoms with E-state index >= 15 is 0 Å². The number of sulfonamides is 1. The lowest BCUT2D eigenvalue weighted by Gasteiger charge is -2.33. The van der Waals surface area contributed by atoms with Crippen LogP contribution >= 0.6 is 0 Å². The Balaban J connectivity index is 2.22. The standard InChI is InChI=1S/C10H21N3O5S/c1-17-7-8-18-9-11-10(14)12-3-5-13(6-4-12)19(2,15)16/h3-9H2,1-2H3,(H,11,14). The molecule has 1 heterocycles. The average molecular weight is 295 g/mol. The molecule has 1 aliphatic rings. The Morgan fingerprint density at radius 3 is 2.37 bits per heavy atom. The van der Waals surface area contributed by atoms with E-state index in [1.54, 1.807) is 12.0 Å². The van der Waals surface area contributed by atoms with Crippen LogP contribution in [0.1, 0.15) is 0 Å². The van der Waals surface area contributed by atoms with Crippen LogP contribution in [-0.2, 0) is 19.5 Å². The van der Waals surface area contributed by atoms with Crippen molar-refractivity contribution in [1.82, 2.24) is 14.5 Å². The van der Waals surface area contributed by atoms with E-state index in [1.807, 2.05) is 0 Å². The molecule has 19 heavy (non-hydrogen) atoms. The molecule has 2 amide bonds. The van der Waals surface area contributed by atoms with Crippen LogP contribution in [0.5, 0.6) is 0 Å². The second-order valence-corrected chi connectivity index (χ2v) is 6.16. The van der Waals surface area contributed by atoms with Gasteiger partial charge in [0.15, 0.2) is 0 Å². The number of rotatable bonds is 6. The van der Waals surface area contributed by atoms with Crippen molar-refractivity contribution < 1.29 is 22.7 Å². The predicted molar refractivity (Wildman–Crippen MR) is 69.2 cm³/mol. The third-order valence-corrected chi connectivity index (χ3v) is 4.06. The maximum Gasteiger partial charge on any atom is 0.319 e. The molecule has 1 saturated heterocycles. The van der Waals surface area contributed by atoms with Crippen molar-refractivity contribution in [2.24, 2.45) is 0 Å². The summed E-state index contributed by atoms with van der Waals surface area (Å²) in [4.78, 5) is 13.3. The minimum atomic E-state index is -3.17. The Morgan fingerprint density at radius 2 is 1.84 bits per heavy atom. The van der Waals surface area contributed by atoms with Gasteiger partial charge < -0.3 is 19.7 Å². The van der Waals surface area contributed by atoms with Crippen molar-refractivity contribution >= 4 is 16.1 Å². The molecular formula is C10H21N3O5S. The van der Waals surface area contributed by atoms with Crippen LogP contribution in [0.3, 0.4) is 0 Å². The second-order valence-electron chi connectivity index (χ2n) is 4.18. The van der Waals surface area contributed by atoms with Gasteiger partial charge in [-0.2, -0.15) is 4.31 Å². The van der Waals surface area contributed by atoms with Gasteiger partial charge in [-0.15, -0.1) is 0 Å². The molecule has 0 aromatic rings. The Kier molecular flexibility index (Phi) is 6.49. The zero-order valence-electron chi connectivity index (χ0n) is 11.3. The number of hydrogen-bond donors (Lipinski definition) is 1. The zero-order chi connectivity index (χ0) is 14.3. The van der Waals surface area contributed by atoms with Crippen LogP contribution in [0.4, 0.5) is 4.79 Å². The van der Waals surface area contributed by atoms with Crippen LogP contribution in [-0.4, -0.2) is 83.1 Å². The fraction of sp³-hybridized carbons (Fsp3) is 0.900. The van der Waals surface area contributed by atoms with E-state index in [-0.39, 0.29) is 12.8 Å². The highest BCUT2D eigenvalue weighted by atomic mass is 32.2. The molecule has 1 rings (SSSR count). The van der Waals surface area contributed by atoms with Gasteiger partial charge in [-0.3, -0.25) is 0 Å². The molecule has 9 heteroatoms. The molecule has 0 radical (unpaired) electrons. The summed E-state index contributed by atoms with van der Waals surface area (Å²) in [6.07, 6.45) is 1.17. The van der Waals surface area contributed by atoms with E-state index < -0.39 is 10.0 Å². The third-order valence-electron chi connectivity index (χ3n) is 2.75. The maximum atomic E-state index is 11.7. The van der Waals surface area contributed by atoms with Gasteiger partial charge in [0.2, 0.25) is 10.0 Å². The molecule has 0 aromatic carbocycles. The fourth-order valence-corrected chi connectivity index (χ4v) is 2.49. The lowest BCUT2D eigenvalue weighted by Crippen LogP contribution is -2.53. The van der Waals surface area contributed by atoms with Gasteiger partial charge >= 0.3 is 6.03 Å². The first-order valence-corrected chi connectivity index (χ1v) is 7.84. The number of nitrogens with one attached hydrogen (secondary N) is 1. The number of amides is 2. The molecule has 8 nitrogen and oxygen atoms in total. The average Bonchev–Trinajstić information content (AvgIpc) is 2.37. The summed E-state index contributed by atoms with van der Waals surface area (Å²) >= 11 is 0. The Bertz CT molecular complexity index is 379. The summed E-state index contributed by atoms with van der Waals surface area (Å²) in [6, 6.07) is -0.245. The molecule has 0 bridgehead atoms. The van der Waals surface area contributed by atoms with E-state index in [4.69, 9.17) is 9.47 Å². The topological polar surface area (TPSA) is 88.2 Å². The molecule has 0 aliphatic carbocycles. The number of piperazine rings is 1. The SMILES string of the molecule is COCCOCNC(=O)N1CCN(S(C)(=O)=O)CC1. The smallest absolute Gasteiger partial charge is 0.319 e. The highest BCUT2D eigenvalue weighted by molar-refractivity contribution is 7.88. The zero-order valence-corrected chi connectivity index (χ0v) is 12.1. The first kappa shape index (κ1) is 16.2. The first-order chi connectivity index (χ1) is 8.95. The normalized spacial score (nSPS) is 17.5. The summed E-state index contributed by atoms with van der Waals surface area (Å²) in [5, 5.41) is 2.61. The van der Waals surface area contributed by atoms with Gasteiger partial charge in [0, 0.05) is 33.3 Å². The lowest BCUT2D eigenvalue weighted by atomic mass is 10.4. The van der Waals surface area contributed by atoms with Crippen molar-refractivity contribution in [2.45, 2.75) is 0 Å². The summed E-state index contributed by atoms with van der Waals surface area (Å²) in [5.74, 6) is 0. The van der Waals surface area contributed by atoms with Gasteiger partial charge in [-0.1, -0.05) is 0 Å².